The zero-order valence-corrected chi connectivity index (χ0v) is 61.1. The van der Waals surface area contributed by atoms with Crippen LogP contribution >= 0.6 is 0 Å². The number of anilines is 1. The van der Waals surface area contributed by atoms with Gasteiger partial charge in [-0.05, 0) is 195 Å². The molecule has 0 aliphatic rings. The number of rotatable bonds is 15. The summed E-state index contributed by atoms with van der Waals surface area (Å²) in [6, 6.07) is 50.7. The molecule has 14 aromatic rings. The van der Waals surface area contributed by atoms with Crippen LogP contribution in [0.1, 0.15) is 123 Å². The van der Waals surface area contributed by atoms with E-state index in [-0.39, 0.29) is 16.4 Å². The highest BCUT2D eigenvalue weighted by molar-refractivity contribution is 7.84. The summed E-state index contributed by atoms with van der Waals surface area (Å²) in [4.78, 5) is 78.8. The van der Waals surface area contributed by atoms with Gasteiger partial charge in [-0.15, -0.1) is 0 Å². The van der Waals surface area contributed by atoms with E-state index in [9.17, 15) is 13.8 Å². The highest BCUT2D eigenvalue weighted by atomic mass is 32.2. The van der Waals surface area contributed by atoms with Crippen molar-refractivity contribution < 1.29 is 13.8 Å². The molecule has 1 atom stereocenters. The minimum Gasteiger partial charge on any atom is -0.372 e. The summed E-state index contributed by atoms with van der Waals surface area (Å²) >= 11 is 0. The van der Waals surface area contributed by atoms with Crippen molar-refractivity contribution in [1.82, 2.24) is 69.1 Å². The van der Waals surface area contributed by atoms with E-state index in [0.717, 1.165) is 72.4 Å². The molecule has 12 heterocycles. The average Bonchev–Trinajstić information content (AvgIpc) is 1.09. The van der Waals surface area contributed by atoms with Gasteiger partial charge in [-0.25, -0.2) is 13.9 Å². The monoisotopic (exact) mass is 1410 g/mol. The van der Waals surface area contributed by atoms with Crippen LogP contribution in [0.2, 0.25) is 0 Å². The number of hydrogen-bond acceptors (Lipinski definition) is 17. The van der Waals surface area contributed by atoms with Gasteiger partial charge < -0.3 is 15.6 Å². The predicted molar refractivity (Wildman–Crippen MR) is 416 cm³/mol. The predicted octanol–water partition coefficient (Wildman–Crippen LogP) is 15.0. The lowest BCUT2D eigenvalue weighted by Crippen LogP contribution is -2.47. The molecule has 528 valence electrons. The molecule has 14 rings (SSSR count). The number of carbonyl (C=O) groups is 2. The smallest absolute Gasteiger partial charge is 0.251 e. The number of nitrogens with one attached hydrogen (secondary N) is 2. The van der Waals surface area contributed by atoms with Crippen molar-refractivity contribution in [3.05, 3.63) is 356 Å². The second kappa shape index (κ2) is 34.6. The number of carbonyl (C=O) groups excluding carboxylic acids is 2. The molecule has 4 N–H and O–H groups in total. The van der Waals surface area contributed by atoms with Crippen LogP contribution in [0.15, 0.2) is 305 Å². The molecule has 0 saturated heterocycles. The van der Waals surface area contributed by atoms with Gasteiger partial charge in [-0.3, -0.25) is 69.4 Å². The van der Waals surface area contributed by atoms with Gasteiger partial charge in [0.2, 0.25) is 0 Å². The van der Waals surface area contributed by atoms with Crippen LogP contribution in [-0.2, 0) is 39.4 Å². The first-order chi connectivity index (χ1) is 50.5. The number of aryl methyl sites for hydroxylation is 1. The molecule has 0 saturated carbocycles. The Bertz CT molecular complexity index is 4940. The molecule has 1 unspecified atom stereocenters. The van der Waals surface area contributed by atoms with E-state index in [1.165, 1.54) is 10.9 Å². The van der Waals surface area contributed by atoms with E-state index in [4.69, 9.17) is 5.73 Å². The summed E-state index contributed by atoms with van der Waals surface area (Å²) in [7, 11) is 0.851. The Balaban J connectivity index is 0.000000147. The number of aliphatic imine (C=N–C) groups is 1. The highest BCUT2D eigenvalue weighted by Gasteiger charge is 2.35. The molecular weight excluding hydrogens is 1330 g/mol. The molecule has 105 heavy (non-hydrogen) atoms. The number of nitrogens with zero attached hydrogens (tertiary/aromatic N) is 14. The van der Waals surface area contributed by atoms with Gasteiger partial charge in [0.05, 0.1) is 49.1 Å². The lowest BCUT2D eigenvalue weighted by molar-refractivity contribution is -0.124. The molecule has 2 aromatic carbocycles. The first-order valence-corrected chi connectivity index (χ1v) is 35.0. The van der Waals surface area contributed by atoms with Crippen molar-refractivity contribution in [2.45, 2.75) is 83.7 Å². The van der Waals surface area contributed by atoms with Crippen LogP contribution in [0.3, 0.4) is 0 Å². The van der Waals surface area contributed by atoms with Crippen LogP contribution in [0, 0.1) is 5.41 Å². The van der Waals surface area contributed by atoms with E-state index in [1.54, 1.807) is 148 Å². The average molecular weight is 1410 g/mol. The summed E-state index contributed by atoms with van der Waals surface area (Å²) in [5.41, 5.74) is 19.3. The zero-order chi connectivity index (χ0) is 74.5. The number of aromatic nitrogens is 13. The SMILES string of the molecule is CC(C)(C)C(=O)N=C(c1cccnc1)c1cccnc1.CC(N)(c1cccnc1)c1cccnc1.CC(NS(=O)C(C)(C)C)(c1cccnc1)c1cccnc1.Cn1ccc2ccc(-c3cc(NC(C)(c4cccnc4)c4cccnc4)cc4nccnc34)cc21.O=C(c1cccnc1)c1cccnc1. The fourth-order valence-corrected chi connectivity index (χ4v) is 11.8. The lowest BCUT2D eigenvalue weighted by atomic mass is 9.86. The Morgan fingerprint density at radius 3 is 1.22 bits per heavy atom. The summed E-state index contributed by atoms with van der Waals surface area (Å²) in [5.74, 6) is -0.216. The topological polar surface area (TPSA) is 273 Å². The Hall–Kier alpha value is -12.3. The molecule has 0 aliphatic heterocycles. The van der Waals surface area contributed by atoms with Gasteiger partial charge in [-0.2, -0.15) is 0 Å². The molecule has 0 aliphatic carbocycles. The first kappa shape index (κ1) is 75.4. The summed E-state index contributed by atoms with van der Waals surface area (Å²) < 4.78 is 17.6. The summed E-state index contributed by atoms with van der Waals surface area (Å²) in [6.45, 7) is 17.5. The minimum atomic E-state index is -1.21. The van der Waals surface area contributed by atoms with Crippen LogP contribution in [-0.4, -0.2) is 90.7 Å². The van der Waals surface area contributed by atoms with Crippen molar-refractivity contribution in [1.29, 1.82) is 0 Å². The van der Waals surface area contributed by atoms with E-state index in [2.05, 4.69) is 148 Å². The van der Waals surface area contributed by atoms with Crippen molar-refractivity contribution in [3.63, 3.8) is 0 Å². The van der Waals surface area contributed by atoms with E-state index < -0.39 is 33.0 Å². The molecule has 0 bridgehead atoms. The number of benzene rings is 2. The maximum absolute atomic E-state index is 12.6. The van der Waals surface area contributed by atoms with Crippen LogP contribution in [0.5, 0.6) is 0 Å². The maximum atomic E-state index is 12.6. The number of fused-ring (bicyclic) bond motifs is 2. The third kappa shape index (κ3) is 19.5. The van der Waals surface area contributed by atoms with Crippen LogP contribution in [0.4, 0.5) is 5.69 Å². The number of pyridine rings is 10. The van der Waals surface area contributed by atoms with E-state index >= 15 is 0 Å². The second-order valence-corrected chi connectivity index (χ2v) is 28.9. The quantitative estimate of drug-likeness (QED) is 0.0635. The molecular formula is C84H83N17O3S. The van der Waals surface area contributed by atoms with Crippen molar-refractivity contribution in [3.8, 4) is 11.1 Å². The van der Waals surface area contributed by atoms with Crippen LogP contribution in [0.25, 0.3) is 33.1 Å². The zero-order valence-electron chi connectivity index (χ0n) is 60.3. The van der Waals surface area contributed by atoms with E-state index in [1.807, 2.05) is 153 Å². The number of ketones is 1. The van der Waals surface area contributed by atoms with Gasteiger partial charge >= 0.3 is 0 Å². The van der Waals surface area contributed by atoms with Crippen LogP contribution < -0.4 is 15.8 Å². The standard InChI is InChI=1S/C29H24N6.C16H21N3OS.C16H17N3O.C12H13N3.C11H8N2O/c1-29(22-5-3-10-30-18-22,23-6-4-11-31-19-23)34-24-16-25(28-26(17-24)32-12-13-33-28)21-8-7-20-9-14-35(2)27(20)15-21;1-15(2,3)21(20)19-16(4,13-7-5-9-17-11-13)14-8-6-10-18-12-14;1-16(2,3)15(20)19-14(12-6-4-8-17-10-12)13-7-5-9-18-11-13;1-12(13,10-4-2-6-14-8-10)11-5-3-7-15-9-11;14-11(9-3-1-5-12-7-9)10-4-2-6-13-8-10/h3-19,34H,1-2H3;5-12,19H,1-4H3;4-11H,1-3H3;2-9H,13H2,1H3;1-8H. The lowest BCUT2D eigenvalue weighted by Gasteiger charge is -2.33. The first-order valence-electron chi connectivity index (χ1n) is 33.8. The Kier molecular flexibility index (Phi) is 24.8. The Morgan fingerprint density at radius 1 is 0.438 bits per heavy atom. The van der Waals surface area contributed by atoms with Gasteiger partial charge in [0.25, 0.3) is 5.91 Å². The molecule has 1 amide bonds. The fourth-order valence-electron chi connectivity index (χ4n) is 10.9. The Labute approximate surface area is 614 Å². The van der Waals surface area contributed by atoms with Crippen molar-refractivity contribution in [2.24, 2.45) is 23.2 Å². The fraction of sp³-hybridized carbons (Fsp3) is 0.179. The van der Waals surface area contributed by atoms with Gasteiger partial charge in [0.1, 0.15) is 0 Å². The summed E-state index contributed by atoms with van der Waals surface area (Å²) in [6.07, 6.45) is 40.2. The van der Waals surface area contributed by atoms with Crippen molar-refractivity contribution >= 4 is 56.0 Å². The minimum absolute atomic E-state index is 0.0498. The molecule has 21 heteroatoms. The summed E-state index contributed by atoms with van der Waals surface area (Å²) in [5, 5.41) is 4.99. The number of amides is 1. The maximum Gasteiger partial charge on any atom is 0.251 e. The van der Waals surface area contributed by atoms with E-state index in [0.29, 0.717) is 16.8 Å². The third-order valence-electron chi connectivity index (χ3n) is 17.1. The molecule has 0 fully saturated rings. The van der Waals surface area contributed by atoms with Gasteiger partial charge in [0, 0.05) is 194 Å². The second-order valence-electron chi connectivity index (χ2n) is 27.0. The molecule has 0 spiro atoms. The normalized spacial score (nSPS) is 11.7. The molecule has 12 aromatic heterocycles. The Morgan fingerprint density at radius 2 is 0.829 bits per heavy atom. The highest BCUT2D eigenvalue weighted by Crippen LogP contribution is 2.38. The number of hydrogen-bond donors (Lipinski definition) is 3. The molecule has 20 nitrogen and oxygen atoms in total. The number of nitrogens with two attached hydrogens (primary N) is 1. The van der Waals surface area contributed by atoms with Gasteiger partial charge in [0.15, 0.2) is 5.78 Å². The molecule has 0 radical (unpaired) electrons. The van der Waals surface area contributed by atoms with Gasteiger partial charge in [-0.1, -0.05) is 69.3 Å². The van der Waals surface area contributed by atoms with Crippen molar-refractivity contribution in [2.75, 3.05) is 5.32 Å². The largest absolute Gasteiger partial charge is 0.372 e. The third-order valence-corrected chi connectivity index (χ3v) is 18.8.